The lowest BCUT2D eigenvalue weighted by Gasteiger charge is -2.37. The molecule has 0 saturated carbocycles. The fourth-order valence-corrected chi connectivity index (χ4v) is 2.80. The highest BCUT2D eigenvalue weighted by Crippen LogP contribution is 2.20. The second kappa shape index (κ2) is 6.01. The first-order valence-corrected chi connectivity index (χ1v) is 7.26. The quantitative estimate of drug-likeness (QED) is 0.833. The number of carbonyl (C=O) groups excluding carboxylic acids is 1. The molecular weight excluding hydrogens is 311 g/mol. The SMILES string of the molecule is CC(C)N1CCN(C(=O)c2ccc(F)cc2Br)CC1. The van der Waals surface area contributed by atoms with Gasteiger partial charge in [-0.05, 0) is 48.0 Å². The van der Waals surface area contributed by atoms with E-state index in [-0.39, 0.29) is 11.7 Å². The number of hydrogen-bond donors (Lipinski definition) is 0. The summed E-state index contributed by atoms with van der Waals surface area (Å²) in [6.07, 6.45) is 0. The standard InChI is InChI=1S/C14H18BrFN2O/c1-10(2)17-5-7-18(8-6-17)14(19)12-4-3-11(16)9-13(12)15/h3-4,9-10H,5-8H2,1-2H3. The summed E-state index contributed by atoms with van der Waals surface area (Å²) in [5.41, 5.74) is 0.527. The summed E-state index contributed by atoms with van der Waals surface area (Å²) in [6.45, 7) is 7.55. The number of benzene rings is 1. The molecule has 1 aliphatic heterocycles. The van der Waals surface area contributed by atoms with E-state index in [1.54, 1.807) is 0 Å². The van der Waals surface area contributed by atoms with Gasteiger partial charge >= 0.3 is 0 Å². The number of amides is 1. The van der Waals surface area contributed by atoms with Crippen LogP contribution in [0.3, 0.4) is 0 Å². The van der Waals surface area contributed by atoms with E-state index < -0.39 is 0 Å². The molecule has 0 unspecified atom stereocenters. The zero-order chi connectivity index (χ0) is 14.0. The van der Waals surface area contributed by atoms with Crippen molar-refractivity contribution in [3.63, 3.8) is 0 Å². The Kier molecular flexibility index (Phi) is 4.58. The van der Waals surface area contributed by atoms with E-state index >= 15 is 0 Å². The Balaban J connectivity index is 2.05. The molecule has 2 rings (SSSR count). The molecule has 3 nitrogen and oxygen atoms in total. The minimum atomic E-state index is -0.340. The fourth-order valence-electron chi connectivity index (χ4n) is 2.27. The summed E-state index contributed by atoms with van der Waals surface area (Å²) >= 11 is 3.25. The zero-order valence-electron chi connectivity index (χ0n) is 11.2. The average Bonchev–Trinajstić information content (AvgIpc) is 2.38. The molecule has 1 amide bonds. The monoisotopic (exact) mass is 328 g/mol. The minimum absolute atomic E-state index is 0.0321. The van der Waals surface area contributed by atoms with Crippen molar-refractivity contribution in [2.24, 2.45) is 0 Å². The maximum absolute atomic E-state index is 13.0. The van der Waals surface area contributed by atoms with Crippen LogP contribution in [0.25, 0.3) is 0 Å². The van der Waals surface area contributed by atoms with Crippen molar-refractivity contribution in [3.05, 3.63) is 34.1 Å². The highest BCUT2D eigenvalue weighted by molar-refractivity contribution is 9.10. The summed E-state index contributed by atoms with van der Waals surface area (Å²) in [5.74, 6) is -0.372. The Morgan fingerprint density at radius 3 is 2.42 bits per heavy atom. The third kappa shape index (κ3) is 3.34. The molecule has 0 atom stereocenters. The van der Waals surface area contributed by atoms with Crippen LogP contribution in [0.1, 0.15) is 24.2 Å². The van der Waals surface area contributed by atoms with E-state index in [4.69, 9.17) is 0 Å². The summed E-state index contributed by atoms with van der Waals surface area (Å²) in [4.78, 5) is 16.5. The largest absolute Gasteiger partial charge is 0.336 e. The number of rotatable bonds is 2. The second-order valence-corrected chi connectivity index (χ2v) is 5.90. The predicted molar refractivity (Wildman–Crippen MR) is 76.7 cm³/mol. The van der Waals surface area contributed by atoms with Crippen molar-refractivity contribution in [1.29, 1.82) is 0 Å². The van der Waals surface area contributed by atoms with Crippen LogP contribution in [-0.2, 0) is 0 Å². The first-order valence-electron chi connectivity index (χ1n) is 6.47. The topological polar surface area (TPSA) is 23.6 Å². The van der Waals surface area contributed by atoms with Gasteiger partial charge in [-0.3, -0.25) is 9.69 Å². The van der Waals surface area contributed by atoms with Crippen molar-refractivity contribution in [2.75, 3.05) is 26.2 Å². The van der Waals surface area contributed by atoms with E-state index in [0.29, 0.717) is 16.1 Å². The van der Waals surface area contributed by atoms with Gasteiger partial charge in [0.1, 0.15) is 5.82 Å². The van der Waals surface area contributed by atoms with E-state index in [1.807, 2.05) is 4.90 Å². The van der Waals surface area contributed by atoms with Crippen LogP contribution in [0, 0.1) is 5.82 Å². The third-order valence-electron chi connectivity index (χ3n) is 3.49. The number of hydrogen-bond acceptors (Lipinski definition) is 2. The van der Waals surface area contributed by atoms with Gasteiger partial charge < -0.3 is 4.90 Å². The van der Waals surface area contributed by atoms with Gasteiger partial charge in [0.2, 0.25) is 0 Å². The normalized spacial score (nSPS) is 17.0. The third-order valence-corrected chi connectivity index (χ3v) is 4.15. The van der Waals surface area contributed by atoms with Gasteiger partial charge in [-0.2, -0.15) is 0 Å². The van der Waals surface area contributed by atoms with Gasteiger partial charge in [0.15, 0.2) is 0 Å². The van der Waals surface area contributed by atoms with Crippen LogP contribution in [0.4, 0.5) is 4.39 Å². The molecular formula is C14H18BrFN2O. The first-order chi connectivity index (χ1) is 8.99. The Morgan fingerprint density at radius 2 is 1.89 bits per heavy atom. The van der Waals surface area contributed by atoms with Crippen molar-refractivity contribution < 1.29 is 9.18 Å². The van der Waals surface area contributed by atoms with Crippen LogP contribution in [0.15, 0.2) is 22.7 Å². The van der Waals surface area contributed by atoms with Gasteiger partial charge in [0.05, 0.1) is 5.56 Å². The predicted octanol–water partition coefficient (Wildman–Crippen LogP) is 2.75. The van der Waals surface area contributed by atoms with Gasteiger partial charge in [-0.25, -0.2) is 4.39 Å². The van der Waals surface area contributed by atoms with E-state index in [1.165, 1.54) is 18.2 Å². The molecule has 0 radical (unpaired) electrons. The van der Waals surface area contributed by atoms with Crippen LogP contribution in [0.2, 0.25) is 0 Å². The molecule has 0 N–H and O–H groups in total. The molecule has 5 heteroatoms. The first kappa shape index (κ1) is 14.5. The molecule has 104 valence electrons. The van der Waals surface area contributed by atoms with Crippen molar-refractivity contribution in [3.8, 4) is 0 Å². The highest BCUT2D eigenvalue weighted by atomic mass is 79.9. The Bertz CT molecular complexity index is 471. The van der Waals surface area contributed by atoms with Crippen molar-refractivity contribution in [2.45, 2.75) is 19.9 Å². The summed E-state index contributed by atoms with van der Waals surface area (Å²) in [7, 11) is 0. The molecule has 0 bridgehead atoms. The summed E-state index contributed by atoms with van der Waals surface area (Å²) in [5, 5.41) is 0. The molecule has 0 spiro atoms. The summed E-state index contributed by atoms with van der Waals surface area (Å²) < 4.78 is 13.5. The molecule has 1 fully saturated rings. The van der Waals surface area contributed by atoms with Crippen LogP contribution < -0.4 is 0 Å². The van der Waals surface area contributed by atoms with Crippen LogP contribution in [0.5, 0.6) is 0 Å². The van der Waals surface area contributed by atoms with Crippen LogP contribution in [-0.4, -0.2) is 47.9 Å². The van der Waals surface area contributed by atoms with Gasteiger partial charge in [0.25, 0.3) is 5.91 Å². The lowest BCUT2D eigenvalue weighted by atomic mass is 10.1. The molecule has 1 saturated heterocycles. The number of nitrogens with zero attached hydrogens (tertiary/aromatic N) is 2. The second-order valence-electron chi connectivity index (χ2n) is 5.05. The molecule has 1 aromatic carbocycles. The number of carbonyl (C=O) groups is 1. The lowest BCUT2D eigenvalue weighted by molar-refractivity contribution is 0.0594. The van der Waals surface area contributed by atoms with Crippen molar-refractivity contribution in [1.82, 2.24) is 9.80 Å². The summed E-state index contributed by atoms with van der Waals surface area (Å²) in [6, 6.07) is 4.70. The zero-order valence-corrected chi connectivity index (χ0v) is 12.8. The Labute approximate surface area is 121 Å². The molecule has 19 heavy (non-hydrogen) atoms. The van der Waals surface area contributed by atoms with E-state index in [0.717, 1.165) is 26.2 Å². The van der Waals surface area contributed by atoms with Crippen molar-refractivity contribution >= 4 is 21.8 Å². The smallest absolute Gasteiger partial charge is 0.255 e. The van der Waals surface area contributed by atoms with Gasteiger partial charge in [-0.15, -0.1) is 0 Å². The van der Waals surface area contributed by atoms with Crippen LogP contribution >= 0.6 is 15.9 Å². The Hall–Kier alpha value is -0.940. The minimum Gasteiger partial charge on any atom is -0.336 e. The average molecular weight is 329 g/mol. The maximum atomic E-state index is 13.0. The Morgan fingerprint density at radius 1 is 1.26 bits per heavy atom. The fraction of sp³-hybridized carbons (Fsp3) is 0.500. The van der Waals surface area contributed by atoms with Gasteiger partial charge in [-0.1, -0.05) is 0 Å². The molecule has 1 aromatic rings. The van der Waals surface area contributed by atoms with E-state index in [2.05, 4.69) is 34.7 Å². The maximum Gasteiger partial charge on any atom is 0.255 e. The molecule has 1 heterocycles. The lowest BCUT2D eigenvalue weighted by Crippen LogP contribution is -2.50. The van der Waals surface area contributed by atoms with Gasteiger partial charge in [0, 0.05) is 36.7 Å². The highest BCUT2D eigenvalue weighted by Gasteiger charge is 2.24. The molecule has 1 aliphatic rings. The molecule has 0 aliphatic carbocycles. The van der Waals surface area contributed by atoms with E-state index in [9.17, 15) is 9.18 Å². The number of piperazine rings is 1. The molecule has 0 aromatic heterocycles. The number of halogens is 2.